The molecule has 0 aliphatic carbocycles. The molecule has 0 aromatic heterocycles. The van der Waals surface area contributed by atoms with Crippen molar-refractivity contribution in [2.45, 2.75) is 0 Å². The minimum absolute atomic E-state index is 0.00540. The lowest BCUT2D eigenvalue weighted by molar-refractivity contribution is 0.612. The lowest BCUT2D eigenvalue weighted by atomic mass is 11.0. The zero-order valence-electron chi connectivity index (χ0n) is 3.39. The number of halogens is 2. The molecule has 0 unspecified atom stereocenters. The molecule has 0 saturated heterocycles. The lowest BCUT2D eigenvalue weighted by Gasteiger charge is -1.83. The summed E-state index contributed by atoms with van der Waals surface area (Å²) in [6.45, 7) is 0. The molecule has 2 nitrogen and oxygen atoms in total. The average Bonchev–Trinajstić information content (AvgIpc) is 1.30. The predicted octanol–water partition coefficient (Wildman–Crippen LogP) is 0.950. The van der Waals surface area contributed by atoms with Gasteiger partial charge in [0.2, 0.25) is 8.27 Å². The third-order valence-electron chi connectivity index (χ3n) is 0.321. The van der Waals surface area contributed by atoms with Crippen LogP contribution < -0.4 is 0 Å². The van der Waals surface area contributed by atoms with Crippen LogP contribution in [0.15, 0.2) is 0 Å². The number of hydrogen-bond acceptors (Lipinski definition) is 2. The van der Waals surface area contributed by atoms with Gasteiger partial charge in [-0.1, -0.05) is 0 Å². The highest BCUT2D eigenvalue weighted by molar-refractivity contribution is 9.47. The van der Waals surface area contributed by atoms with Gasteiger partial charge in [-0.25, -0.2) is 8.42 Å². The van der Waals surface area contributed by atoms with Gasteiger partial charge in [0, 0.05) is 5.88 Å². The van der Waals surface area contributed by atoms with Gasteiger partial charge >= 0.3 is 0 Å². The highest BCUT2D eigenvalue weighted by Crippen LogP contribution is 1.99. The first-order chi connectivity index (χ1) is 3.06. The Labute approximate surface area is 55.0 Å². The Hall–Kier alpha value is 0.720. The molecule has 5 heteroatoms. The Balaban J connectivity index is 3.60. The van der Waals surface area contributed by atoms with Gasteiger partial charge < -0.3 is 0 Å². The smallest absolute Gasteiger partial charge is 0.210 e. The third kappa shape index (κ3) is 6.72. The summed E-state index contributed by atoms with van der Waals surface area (Å²) in [4.78, 5) is 0. The summed E-state index contributed by atoms with van der Waals surface area (Å²) >= 11 is 7.50. The standard InChI is InChI=1S/C2H4BrClO2S/c3-7(5,6)2-1-4/h1-2H2. The Kier molecular flexibility index (Phi) is 3.19. The lowest BCUT2D eigenvalue weighted by Crippen LogP contribution is -1.95. The van der Waals surface area contributed by atoms with Gasteiger partial charge in [0.1, 0.15) is 0 Å². The van der Waals surface area contributed by atoms with Crippen molar-refractivity contribution in [3.63, 3.8) is 0 Å². The fraction of sp³-hybridized carbons (Fsp3) is 1.00. The van der Waals surface area contributed by atoms with Crippen LogP contribution in [0.3, 0.4) is 0 Å². The second kappa shape index (κ2) is 2.89. The van der Waals surface area contributed by atoms with Crippen molar-refractivity contribution in [1.29, 1.82) is 0 Å². The number of alkyl halides is 1. The van der Waals surface area contributed by atoms with Gasteiger partial charge in [-0.3, -0.25) is 0 Å². The SMILES string of the molecule is O=S(=O)(Br)CCCl. The molecule has 7 heavy (non-hydrogen) atoms. The summed E-state index contributed by atoms with van der Waals surface area (Å²) in [5, 5.41) is 0. The highest BCUT2D eigenvalue weighted by atomic mass is 79.9. The molecule has 0 bridgehead atoms. The Morgan fingerprint density at radius 2 is 2.00 bits per heavy atom. The summed E-state index contributed by atoms with van der Waals surface area (Å²) in [5.41, 5.74) is 0. The fourth-order valence-electron chi connectivity index (χ4n) is 0.0922. The monoisotopic (exact) mass is 206 g/mol. The Morgan fingerprint density at radius 3 is 2.00 bits per heavy atom. The minimum atomic E-state index is -2.99. The zero-order valence-corrected chi connectivity index (χ0v) is 6.55. The van der Waals surface area contributed by atoms with Gasteiger partial charge in [-0.2, -0.15) is 0 Å². The van der Waals surface area contributed by atoms with Crippen molar-refractivity contribution in [2.24, 2.45) is 0 Å². The molecule has 0 aliphatic heterocycles. The first kappa shape index (κ1) is 7.72. The third-order valence-corrected chi connectivity index (χ3v) is 2.40. The average molecular weight is 207 g/mol. The number of hydrogen-bond donors (Lipinski definition) is 0. The van der Waals surface area contributed by atoms with Crippen molar-refractivity contribution < 1.29 is 8.42 Å². The van der Waals surface area contributed by atoms with E-state index in [2.05, 4.69) is 14.8 Å². The maximum atomic E-state index is 10.1. The molecular weight excluding hydrogens is 203 g/mol. The van der Waals surface area contributed by atoms with E-state index in [4.69, 9.17) is 11.6 Å². The van der Waals surface area contributed by atoms with Crippen molar-refractivity contribution in [1.82, 2.24) is 0 Å². The van der Waals surface area contributed by atoms with E-state index < -0.39 is 8.27 Å². The van der Waals surface area contributed by atoms with Gasteiger partial charge in [0.05, 0.1) is 20.6 Å². The van der Waals surface area contributed by atoms with E-state index in [9.17, 15) is 8.42 Å². The topological polar surface area (TPSA) is 34.1 Å². The molecule has 0 aromatic rings. The van der Waals surface area contributed by atoms with Crippen LogP contribution in [0.1, 0.15) is 0 Å². The van der Waals surface area contributed by atoms with Crippen LogP contribution in [0.25, 0.3) is 0 Å². The molecular formula is C2H4BrClO2S. The highest BCUT2D eigenvalue weighted by Gasteiger charge is 1.99. The zero-order chi connectivity index (χ0) is 5.91. The molecule has 0 atom stereocenters. The van der Waals surface area contributed by atoms with Crippen LogP contribution in [0.4, 0.5) is 0 Å². The quantitative estimate of drug-likeness (QED) is 0.499. The summed E-state index contributed by atoms with van der Waals surface area (Å²) in [5.74, 6) is 0.141. The van der Waals surface area contributed by atoms with E-state index in [-0.39, 0.29) is 11.6 Å². The van der Waals surface area contributed by atoms with Gasteiger partial charge in [-0.15, -0.1) is 11.6 Å². The molecule has 0 aliphatic rings. The first-order valence-electron chi connectivity index (χ1n) is 1.54. The van der Waals surface area contributed by atoms with E-state index in [1.54, 1.807) is 0 Å². The van der Waals surface area contributed by atoms with Gasteiger partial charge in [-0.05, 0) is 0 Å². The van der Waals surface area contributed by atoms with Crippen LogP contribution in [0.5, 0.6) is 0 Å². The molecule has 0 fully saturated rings. The molecule has 0 spiro atoms. The maximum absolute atomic E-state index is 10.1. The fourth-order valence-corrected chi connectivity index (χ4v) is 1.93. The van der Waals surface area contributed by atoms with Crippen molar-refractivity contribution in [3.05, 3.63) is 0 Å². The van der Waals surface area contributed by atoms with Crippen molar-refractivity contribution in [3.8, 4) is 0 Å². The van der Waals surface area contributed by atoms with Gasteiger partial charge in [0.15, 0.2) is 0 Å². The van der Waals surface area contributed by atoms with Crippen LogP contribution in [0.2, 0.25) is 0 Å². The molecule has 0 N–H and O–H groups in total. The van der Waals surface area contributed by atoms with E-state index in [1.807, 2.05) is 0 Å². The Morgan fingerprint density at radius 1 is 1.57 bits per heavy atom. The number of rotatable bonds is 2. The second-order valence-corrected chi connectivity index (χ2v) is 5.76. The minimum Gasteiger partial charge on any atom is -0.217 e. The van der Waals surface area contributed by atoms with Crippen molar-refractivity contribution >= 4 is 34.7 Å². The van der Waals surface area contributed by atoms with Crippen LogP contribution >= 0.6 is 26.4 Å². The second-order valence-electron chi connectivity index (χ2n) is 0.932. The van der Waals surface area contributed by atoms with Gasteiger partial charge in [0.25, 0.3) is 0 Å². The summed E-state index contributed by atoms with van der Waals surface area (Å²) in [6.07, 6.45) is 0. The van der Waals surface area contributed by atoms with E-state index in [0.717, 1.165) is 0 Å². The van der Waals surface area contributed by atoms with Crippen LogP contribution in [0, 0.1) is 0 Å². The molecule has 0 amide bonds. The molecule has 44 valence electrons. The summed E-state index contributed by atoms with van der Waals surface area (Å²) in [7, 11) is -2.99. The molecule has 0 rings (SSSR count). The van der Waals surface area contributed by atoms with E-state index in [1.165, 1.54) is 0 Å². The van der Waals surface area contributed by atoms with E-state index >= 15 is 0 Å². The molecule has 0 heterocycles. The summed E-state index contributed by atoms with van der Waals surface area (Å²) < 4.78 is 20.1. The Bertz CT molecular complexity index is 129. The maximum Gasteiger partial charge on any atom is 0.210 e. The molecule has 0 saturated carbocycles. The molecule has 0 aromatic carbocycles. The van der Waals surface area contributed by atoms with Crippen LogP contribution in [-0.4, -0.2) is 20.1 Å². The predicted molar refractivity (Wildman–Crippen MR) is 33.4 cm³/mol. The largest absolute Gasteiger partial charge is 0.217 e. The summed E-state index contributed by atoms with van der Waals surface area (Å²) in [6, 6.07) is 0. The van der Waals surface area contributed by atoms with E-state index in [0.29, 0.717) is 0 Å². The normalized spacial score (nSPS) is 11.7. The molecule has 0 radical (unpaired) electrons. The van der Waals surface area contributed by atoms with Crippen LogP contribution in [-0.2, 0) is 8.27 Å². The van der Waals surface area contributed by atoms with Crippen molar-refractivity contribution in [2.75, 3.05) is 11.6 Å². The first-order valence-corrected chi connectivity index (χ1v) is 5.57.